The van der Waals surface area contributed by atoms with Gasteiger partial charge in [0.2, 0.25) is 0 Å². The molecule has 4 nitrogen and oxygen atoms in total. The lowest BCUT2D eigenvalue weighted by Crippen LogP contribution is -2.30. The van der Waals surface area contributed by atoms with Crippen LogP contribution in [0, 0.1) is 6.92 Å². The first-order chi connectivity index (χ1) is 10.8. The van der Waals surface area contributed by atoms with Gasteiger partial charge in [-0.3, -0.25) is 9.78 Å². The molecular weight excluding hydrogens is 276 g/mol. The Balaban J connectivity index is 1.93. The fourth-order valence-electron chi connectivity index (χ4n) is 2.32. The highest BCUT2D eigenvalue weighted by Crippen LogP contribution is 2.21. The van der Waals surface area contributed by atoms with Crippen molar-refractivity contribution in [1.82, 2.24) is 10.3 Å². The third kappa shape index (κ3) is 2.91. The van der Waals surface area contributed by atoms with E-state index in [9.17, 15) is 4.79 Å². The summed E-state index contributed by atoms with van der Waals surface area (Å²) in [5, 5.41) is 3.00. The van der Waals surface area contributed by atoms with Crippen LogP contribution in [-0.4, -0.2) is 10.9 Å². The summed E-state index contributed by atoms with van der Waals surface area (Å²) < 4.78 is 5.27. The molecule has 0 saturated carbocycles. The molecule has 0 aliphatic heterocycles. The van der Waals surface area contributed by atoms with Crippen molar-refractivity contribution < 1.29 is 9.21 Å². The zero-order valence-corrected chi connectivity index (χ0v) is 12.2. The first kappa shape index (κ1) is 14.1. The molecule has 1 amide bonds. The van der Waals surface area contributed by atoms with Gasteiger partial charge in [0.25, 0.3) is 5.91 Å². The van der Waals surface area contributed by atoms with Crippen LogP contribution in [0.4, 0.5) is 0 Å². The monoisotopic (exact) mass is 292 g/mol. The highest BCUT2D eigenvalue weighted by Gasteiger charge is 2.21. The molecule has 0 aliphatic carbocycles. The van der Waals surface area contributed by atoms with Crippen molar-refractivity contribution in [2.75, 3.05) is 0 Å². The van der Waals surface area contributed by atoms with Crippen molar-refractivity contribution in [2.24, 2.45) is 0 Å². The van der Waals surface area contributed by atoms with Gasteiger partial charge in [-0.15, -0.1) is 0 Å². The highest BCUT2D eigenvalue weighted by molar-refractivity contribution is 5.93. The summed E-state index contributed by atoms with van der Waals surface area (Å²) in [4.78, 5) is 16.8. The summed E-state index contributed by atoms with van der Waals surface area (Å²) in [6, 6.07) is 16.9. The molecule has 110 valence electrons. The quantitative estimate of drug-likeness (QED) is 0.800. The topological polar surface area (TPSA) is 55.1 Å². The molecular formula is C18H16N2O2. The number of hydrogen-bond donors (Lipinski definition) is 1. The lowest BCUT2D eigenvalue weighted by molar-refractivity contribution is 0.0913. The number of amides is 1. The van der Waals surface area contributed by atoms with Crippen LogP contribution in [0.3, 0.4) is 0 Å². The molecule has 0 radical (unpaired) electrons. The minimum Gasteiger partial charge on any atom is -0.459 e. The molecule has 0 unspecified atom stereocenters. The normalized spacial score (nSPS) is 11.9. The Labute approximate surface area is 128 Å². The second-order valence-corrected chi connectivity index (χ2v) is 5.00. The number of carbonyl (C=O) groups is 1. The minimum atomic E-state index is -0.320. The Hall–Kier alpha value is -2.88. The van der Waals surface area contributed by atoms with Crippen LogP contribution < -0.4 is 5.32 Å². The molecule has 0 fully saturated rings. The second kappa shape index (κ2) is 6.26. The third-order valence-corrected chi connectivity index (χ3v) is 3.46. The molecule has 4 heteroatoms. The van der Waals surface area contributed by atoms with Gasteiger partial charge in [0.15, 0.2) is 5.76 Å². The molecule has 3 rings (SSSR count). The molecule has 0 aliphatic rings. The number of rotatable bonds is 4. The predicted octanol–water partition coefficient (Wildman–Crippen LogP) is 3.50. The van der Waals surface area contributed by atoms with E-state index in [2.05, 4.69) is 10.3 Å². The maximum atomic E-state index is 12.5. The van der Waals surface area contributed by atoms with Gasteiger partial charge in [0.1, 0.15) is 0 Å². The summed E-state index contributed by atoms with van der Waals surface area (Å²) in [5.74, 6) is 0.0823. The van der Waals surface area contributed by atoms with Crippen molar-refractivity contribution in [2.45, 2.75) is 13.0 Å². The number of benzene rings is 1. The fraction of sp³-hybridized carbons (Fsp3) is 0.111. The zero-order valence-electron chi connectivity index (χ0n) is 12.2. The number of furan rings is 1. The first-order valence-corrected chi connectivity index (χ1v) is 7.06. The van der Waals surface area contributed by atoms with E-state index in [0.717, 1.165) is 16.8 Å². The van der Waals surface area contributed by atoms with Gasteiger partial charge in [-0.2, -0.15) is 0 Å². The Morgan fingerprint density at radius 1 is 1.09 bits per heavy atom. The van der Waals surface area contributed by atoms with Crippen molar-refractivity contribution in [3.8, 4) is 0 Å². The highest BCUT2D eigenvalue weighted by atomic mass is 16.3. The van der Waals surface area contributed by atoms with Crippen LogP contribution in [0.5, 0.6) is 0 Å². The SMILES string of the molecule is Cc1ccoc1C(=O)N[C@@H](c1ccccc1)c1ccccn1. The third-order valence-electron chi connectivity index (χ3n) is 3.46. The number of aryl methyl sites for hydroxylation is 1. The molecule has 3 aromatic rings. The van der Waals surface area contributed by atoms with Crippen LogP contribution in [0.25, 0.3) is 0 Å². The Kier molecular flexibility index (Phi) is 4.01. The van der Waals surface area contributed by atoms with Gasteiger partial charge in [-0.25, -0.2) is 0 Å². The van der Waals surface area contributed by atoms with E-state index >= 15 is 0 Å². The van der Waals surface area contributed by atoms with Crippen LogP contribution >= 0.6 is 0 Å². The van der Waals surface area contributed by atoms with Gasteiger partial charge in [0.05, 0.1) is 18.0 Å². The van der Waals surface area contributed by atoms with E-state index in [1.54, 1.807) is 12.3 Å². The maximum absolute atomic E-state index is 12.5. The molecule has 2 aromatic heterocycles. The van der Waals surface area contributed by atoms with Gasteiger partial charge in [-0.05, 0) is 30.7 Å². The summed E-state index contributed by atoms with van der Waals surface area (Å²) in [6.07, 6.45) is 3.23. The lowest BCUT2D eigenvalue weighted by atomic mass is 10.0. The van der Waals surface area contributed by atoms with E-state index in [0.29, 0.717) is 5.76 Å². The van der Waals surface area contributed by atoms with Crippen LogP contribution in [0.2, 0.25) is 0 Å². The average molecular weight is 292 g/mol. The second-order valence-electron chi connectivity index (χ2n) is 5.00. The standard InChI is InChI=1S/C18H16N2O2/c1-13-10-12-22-17(13)18(21)20-16(14-7-3-2-4-8-14)15-9-5-6-11-19-15/h2-12,16H,1H3,(H,20,21)/t16-/m0/s1. The number of carbonyl (C=O) groups excluding carboxylic acids is 1. The molecule has 1 aromatic carbocycles. The molecule has 22 heavy (non-hydrogen) atoms. The van der Waals surface area contributed by atoms with Crippen LogP contribution in [0.1, 0.15) is 33.4 Å². The van der Waals surface area contributed by atoms with Crippen molar-refractivity contribution in [3.63, 3.8) is 0 Å². The Morgan fingerprint density at radius 2 is 1.86 bits per heavy atom. The predicted molar refractivity (Wildman–Crippen MR) is 83.4 cm³/mol. The average Bonchev–Trinajstić information content (AvgIpc) is 3.00. The smallest absolute Gasteiger partial charge is 0.288 e. The maximum Gasteiger partial charge on any atom is 0.288 e. The minimum absolute atomic E-state index is 0.248. The van der Waals surface area contributed by atoms with E-state index in [1.165, 1.54) is 6.26 Å². The largest absolute Gasteiger partial charge is 0.459 e. The summed E-state index contributed by atoms with van der Waals surface area (Å²) in [7, 11) is 0. The van der Waals surface area contributed by atoms with Gasteiger partial charge in [-0.1, -0.05) is 36.4 Å². The molecule has 0 spiro atoms. The van der Waals surface area contributed by atoms with Gasteiger partial charge in [0, 0.05) is 11.8 Å². The van der Waals surface area contributed by atoms with Gasteiger partial charge < -0.3 is 9.73 Å². The summed E-state index contributed by atoms with van der Waals surface area (Å²) in [5.41, 5.74) is 2.57. The van der Waals surface area contributed by atoms with Crippen molar-refractivity contribution >= 4 is 5.91 Å². The fourth-order valence-corrected chi connectivity index (χ4v) is 2.32. The number of nitrogens with one attached hydrogen (secondary N) is 1. The number of aromatic nitrogens is 1. The summed E-state index contributed by atoms with van der Waals surface area (Å²) >= 11 is 0. The Morgan fingerprint density at radius 3 is 2.50 bits per heavy atom. The molecule has 0 saturated heterocycles. The number of nitrogens with zero attached hydrogens (tertiary/aromatic N) is 1. The lowest BCUT2D eigenvalue weighted by Gasteiger charge is -2.18. The van der Waals surface area contributed by atoms with E-state index in [-0.39, 0.29) is 11.9 Å². The summed E-state index contributed by atoms with van der Waals surface area (Å²) in [6.45, 7) is 1.84. The molecule has 0 bridgehead atoms. The van der Waals surface area contributed by atoms with E-state index in [4.69, 9.17) is 4.42 Å². The number of hydrogen-bond acceptors (Lipinski definition) is 3. The van der Waals surface area contributed by atoms with Crippen molar-refractivity contribution in [3.05, 3.63) is 89.6 Å². The molecule has 1 N–H and O–H groups in total. The van der Waals surface area contributed by atoms with Crippen LogP contribution in [-0.2, 0) is 0 Å². The van der Waals surface area contributed by atoms with E-state index in [1.807, 2.05) is 55.5 Å². The number of pyridine rings is 1. The Bertz CT molecular complexity index is 712. The first-order valence-electron chi connectivity index (χ1n) is 7.06. The van der Waals surface area contributed by atoms with Crippen LogP contribution in [0.15, 0.2) is 71.5 Å². The van der Waals surface area contributed by atoms with Gasteiger partial charge >= 0.3 is 0 Å². The zero-order chi connectivity index (χ0) is 15.4. The van der Waals surface area contributed by atoms with E-state index < -0.39 is 0 Å². The van der Waals surface area contributed by atoms with Crippen molar-refractivity contribution in [1.29, 1.82) is 0 Å². The molecule has 1 atom stereocenters. The molecule has 2 heterocycles.